The van der Waals surface area contributed by atoms with Crippen LogP contribution >= 0.6 is 0 Å². The smallest absolute Gasteiger partial charge is 0.0611 e. The zero-order chi connectivity index (χ0) is 10.0. The third-order valence-electron chi connectivity index (χ3n) is 3.23. The zero-order valence-electron chi connectivity index (χ0n) is 8.32. The maximum absolute atomic E-state index is 9.16. The van der Waals surface area contributed by atoms with E-state index >= 15 is 0 Å². The van der Waals surface area contributed by atoms with Gasteiger partial charge in [0.2, 0.25) is 0 Å². The van der Waals surface area contributed by atoms with Crippen LogP contribution in [0.3, 0.4) is 0 Å². The van der Waals surface area contributed by atoms with Gasteiger partial charge < -0.3 is 10.8 Å². The molecule has 0 aromatic heterocycles. The number of rotatable bonds is 2. The number of hydrogen-bond donors (Lipinski definition) is 2. The molecule has 3 N–H and O–H groups in total. The van der Waals surface area contributed by atoms with Crippen LogP contribution in [0.2, 0.25) is 0 Å². The lowest BCUT2D eigenvalue weighted by Crippen LogP contribution is -2.40. The number of aliphatic hydroxyl groups excluding tert-OH is 1. The molecule has 0 bridgehead atoms. The summed E-state index contributed by atoms with van der Waals surface area (Å²) < 4.78 is 0. The molecule has 76 valence electrons. The van der Waals surface area contributed by atoms with Crippen molar-refractivity contribution in [3.63, 3.8) is 0 Å². The van der Waals surface area contributed by atoms with E-state index in [2.05, 4.69) is 24.3 Å². The Labute approximate surface area is 84.7 Å². The number of aliphatic hydroxyl groups is 1. The molecule has 0 amide bonds. The van der Waals surface area contributed by atoms with Crippen LogP contribution in [-0.2, 0) is 0 Å². The van der Waals surface area contributed by atoms with Crippen molar-refractivity contribution in [1.82, 2.24) is 0 Å². The SMILES string of the molecule is NC1(CO)CCC(c2ccccc2)C1. The van der Waals surface area contributed by atoms with Crippen LogP contribution in [-0.4, -0.2) is 17.3 Å². The molecule has 0 radical (unpaired) electrons. The van der Waals surface area contributed by atoms with Crippen molar-refractivity contribution in [2.75, 3.05) is 6.61 Å². The second kappa shape index (κ2) is 3.71. The van der Waals surface area contributed by atoms with Crippen molar-refractivity contribution in [2.45, 2.75) is 30.7 Å². The van der Waals surface area contributed by atoms with Crippen LogP contribution < -0.4 is 5.73 Å². The first-order chi connectivity index (χ1) is 6.73. The van der Waals surface area contributed by atoms with Gasteiger partial charge in [-0.1, -0.05) is 30.3 Å². The summed E-state index contributed by atoms with van der Waals surface area (Å²) in [5.74, 6) is 0.536. The summed E-state index contributed by atoms with van der Waals surface area (Å²) in [6, 6.07) is 10.4. The van der Waals surface area contributed by atoms with Crippen LogP contribution in [0.4, 0.5) is 0 Å². The Morgan fingerprint density at radius 3 is 2.64 bits per heavy atom. The van der Waals surface area contributed by atoms with Crippen molar-refractivity contribution < 1.29 is 5.11 Å². The molecular weight excluding hydrogens is 174 g/mol. The van der Waals surface area contributed by atoms with E-state index in [9.17, 15) is 0 Å². The van der Waals surface area contributed by atoms with Gasteiger partial charge in [-0.25, -0.2) is 0 Å². The fourth-order valence-corrected chi connectivity index (χ4v) is 2.31. The predicted octanol–water partition coefficient (Wildman–Crippen LogP) is 1.64. The minimum Gasteiger partial charge on any atom is -0.394 e. The van der Waals surface area contributed by atoms with Gasteiger partial charge in [-0.15, -0.1) is 0 Å². The average molecular weight is 191 g/mol. The van der Waals surface area contributed by atoms with Gasteiger partial charge in [0.1, 0.15) is 0 Å². The highest BCUT2D eigenvalue weighted by molar-refractivity contribution is 5.22. The lowest BCUT2D eigenvalue weighted by Gasteiger charge is -2.20. The van der Waals surface area contributed by atoms with E-state index in [-0.39, 0.29) is 12.1 Å². The van der Waals surface area contributed by atoms with Crippen LogP contribution in [0.5, 0.6) is 0 Å². The number of benzene rings is 1. The minimum atomic E-state index is -0.333. The topological polar surface area (TPSA) is 46.2 Å². The summed E-state index contributed by atoms with van der Waals surface area (Å²) in [7, 11) is 0. The number of nitrogens with two attached hydrogens (primary N) is 1. The largest absolute Gasteiger partial charge is 0.394 e. The van der Waals surface area contributed by atoms with Crippen LogP contribution in [0.25, 0.3) is 0 Å². The Morgan fingerprint density at radius 2 is 2.07 bits per heavy atom. The first-order valence-electron chi connectivity index (χ1n) is 5.18. The maximum atomic E-state index is 9.16. The van der Waals surface area contributed by atoms with E-state index in [1.54, 1.807) is 0 Å². The molecule has 1 aromatic carbocycles. The lowest BCUT2D eigenvalue weighted by molar-refractivity contribution is 0.198. The molecule has 1 fully saturated rings. The van der Waals surface area contributed by atoms with Crippen molar-refractivity contribution >= 4 is 0 Å². The van der Waals surface area contributed by atoms with Gasteiger partial charge in [-0.2, -0.15) is 0 Å². The normalized spacial score (nSPS) is 32.0. The molecule has 1 saturated carbocycles. The summed E-state index contributed by atoms with van der Waals surface area (Å²) in [5.41, 5.74) is 7.06. The molecule has 2 atom stereocenters. The molecule has 1 aliphatic rings. The fraction of sp³-hybridized carbons (Fsp3) is 0.500. The maximum Gasteiger partial charge on any atom is 0.0611 e. The van der Waals surface area contributed by atoms with E-state index in [0.29, 0.717) is 5.92 Å². The summed E-state index contributed by atoms with van der Waals surface area (Å²) in [5, 5.41) is 9.16. The standard InChI is InChI=1S/C12H17NO/c13-12(9-14)7-6-11(8-12)10-4-2-1-3-5-10/h1-5,11,14H,6-9,13H2. The summed E-state index contributed by atoms with van der Waals surface area (Å²) in [6.07, 6.45) is 2.94. The summed E-state index contributed by atoms with van der Waals surface area (Å²) >= 11 is 0. The summed E-state index contributed by atoms with van der Waals surface area (Å²) in [6.45, 7) is 0.107. The minimum absolute atomic E-state index is 0.107. The molecular formula is C12H17NO. The predicted molar refractivity (Wildman–Crippen MR) is 57.0 cm³/mol. The molecule has 1 aromatic rings. The summed E-state index contributed by atoms with van der Waals surface area (Å²) in [4.78, 5) is 0. The molecule has 2 nitrogen and oxygen atoms in total. The molecule has 14 heavy (non-hydrogen) atoms. The van der Waals surface area contributed by atoms with Crippen molar-refractivity contribution in [3.8, 4) is 0 Å². The van der Waals surface area contributed by atoms with E-state index < -0.39 is 0 Å². The van der Waals surface area contributed by atoms with E-state index in [0.717, 1.165) is 19.3 Å². The third-order valence-corrected chi connectivity index (χ3v) is 3.23. The second-order valence-corrected chi connectivity index (χ2v) is 4.37. The average Bonchev–Trinajstić information content (AvgIpc) is 2.63. The van der Waals surface area contributed by atoms with E-state index in [1.807, 2.05) is 6.07 Å². The molecule has 2 unspecified atom stereocenters. The van der Waals surface area contributed by atoms with Gasteiger partial charge >= 0.3 is 0 Å². The molecule has 0 spiro atoms. The van der Waals surface area contributed by atoms with Gasteiger partial charge in [0, 0.05) is 5.54 Å². The molecule has 1 aliphatic carbocycles. The van der Waals surface area contributed by atoms with Gasteiger partial charge in [0.25, 0.3) is 0 Å². The highest BCUT2D eigenvalue weighted by Gasteiger charge is 2.35. The zero-order valence-corrected chi connectivity index (χ0v) is 8.32. The Bertz CT molecular complexity index is 298. The Hall–Kier alpha value is -0.860. The Balaban J connectivity index is 2.10. The molecule has 0 aliphatic heterocycles. The van der Waals surface area contributed by atoms with Gasteiger partial charge in [0.05, 0.1) is 6.61 Å². The Morgan fingerprint density at radius 1 is 1.36 bits per heavy atom. The quantitative estimate of drug-likeness (QED) is 0.746. The Kier molecular flexibility index (Phi) is 2.57. The van der Waals surface area contributed by atoms with Crippen LogP contribution in [0.1, 0.15) is 30.7 Å². The fourth-order valence-electron chi connectivity index (χ4n) is 2.31. The lowest BCUT2D eigenvalue weighted by atomic mass is 9.94. The first-order valence-corrected chi connectivity index (χ1v) is 5.18. The monoisotopic (exact) mass is 191 g/mol. The van der Waals surface area contributed by atoms with Crippen LogP contribution in [0, 0.1) is 0 Å². The van der Waals surface area contributed by atoms with Gasteiger partial charge in [-0.05, 0) is 30.7 Å². The van der Waals surface area contributed by atoms with E-state index in [1.165, 1.54) is 5.56 Å². The highest BCUT2D eigenvalue weighted by Crippen LogP contribution is 2.39. The van der Waals surface area contributed by atoms with Crippen LogP contribution in [0.15, 0.2) is 30.3 Å². The molecule has 0 saturated heterocycles. The van der Waals surface area contributed by atoms with Gasteiger partial charge in [0.15, 0.2) is 0 Å². The highest BCUT2D eigenvalue weighted by atomic mass is 16.3. The molecule has 2 heteroatoms. The molecule has 0 heterocycles. The first kappa shape index (κ1) is 9.69. The van der Waals surface area contributed by atoms with Crippen molar-refractivity contribution in [1.29, 1.82) is 0 Å². The van der Waals surface area contributed by atoms with Crippen molar-refractivity contribution in [2.24, 2.45) is 5.73 Å². The van der Waals surface area contributed by atoms with Gasteiger partial charge in [-0.3, -0.25) is 0 Å². The third kappa shape index (κ3) is 1.81. The van der Waals surface area contributed by atoms with E-state index in [4.69, 9.17) is 10.8 Å². The second-order valence-electron chi connectivity index (χ2n) is 4.37. The molecule has 2 rings (SSSR count). The van der Waals surface area contributed by atoms with Crippen molar-refractivity contribution in [3.05, 3.63) is 35.9 Å². The number of hydrogen-bond acceptors (Lipinski definition) is 2.